The van der Waals surface area contributed by atoms with Crippen LogP contribution in [0.2, 0.25) is 0 Å². The lowest BCUT2D eigenvalue weighted by Gasteiger charge is -2.09. The minimum Gasteiger partial charge on any atom is -0.378 e. The third-order valence-electron chi connectivity index (χ3n) is 3.05. The van der Waals surface area contributed by atoms with Gasteiger partial charge in [-0.3, -0.25) is 4.68 Å². The molecule has 0 aliphatic heterocycles. The first-order valence-electron chi connectivity index (χ1n) is 6.20. The maximum absolute atomic E-state index is 9.15. The van der Waals surface area contributed by atoms with Crippen molar-refractivity contribution in [2.24, 2.45) is 7.05 Å². The lowest BCUT2D eigenvalue weighted by Crippen LogP contribution is -2.07. The Bertz CT molecular complexity index is 671. The molecular formula is C14H14Br2N4. The predicted octanol–water partition coefficient (Wildman–Crippen LogP) is 3.99. The molecule has 6 heteroatoms. The number of rotatable bonds is 4. The Morgan fingerprint density at radius 3 is 2.75 bits per heavy atom. The number of aryl methyl sites for hydroxylation is 2. The van der Waals surface area contributed by atoms with Crippen LogP contribution in [0, 0.1) is 11.3 Å². The van der Waals surface area contributed by atoms with Gasteiger partial charge in [-0.15, -0.1) is 0 Å². The predicted molar refractivity (Wildman–Crippen MR) is 86.5 cm³/mol. The molecule has 0 amide bonds. The number of anilines is 1. The fourth-order valence-electron chi connectivity index (χ4n) is 1.95. The van der Waals surface area contributed by atoms with Gasteiger partial charge >= 0.3 is 0 Å². The van der Waals surface area contributed by atoms with Gasteiger partial charge < -0.3 is 5.32 Å². The molecule has 0 saturated carbocycles. The summed E-state index contributed by atoms with van der Waals surface area (Å²) in [5.41, 5.74) is 3.55. The molecular weight excluding hydrogens is 384 g/mol. The van der Waals surface area contributed by atoms with Crippen LogP contribution in [0.4, 0.5) is 5.69 Å². The van der Waals surface area contributed by atoms with E-state index in [1.807, 2.05) is 23.9 Å². The van der Waals surface area contributed by atoms with Gasteiger partial charge in [0.05, 0.1) is 33.7 Å². The topological polar surface area (TPSA) is 53.6 Å². The van der Waals surface area contributed by atoms with Crippen LogP contribution in [0.15, 0.2) is 27.1 Å². The molecule has 4 nitrogen and oxygen atoms in total. The molecule has 0 saturated heterocycles. The molecule has 0 spiro atoms. The van der Waals surface area contributed by atoms with Crippen LogP contribution in [0.1, 0.15) is 23.9 Å². The van der Waals surface area contributed by atoms with Crippen molar-refractivity contribution in [3.63, 3.8) is 0 Å². The zero-order valence-corrected chi connectivity index (χ0v) is 14.4. The Labute approximate surface area is 135 Å². The quantitative estimate of drug-likeness (QED) is 0.848. The van der Waals surface area contributed by atoms with Crippen LogP contribution in [0.25, 0.3) is 0 Å². The monoisotopic (exact) mass is 396 g/mol. The number of hydrogen-bond acceptors (Lipinski definition) is 3. The highest BCUT2D eigenvalue weighted by atomic mass is 79.9. The number of nitrogens with zero attached hydrogens (tertiary/aromatic N) is 3. The summed E-state index contributed by atoms with van der Waals surface area (Å²) in [6, 6.07) is 7.81. The van der Waals surface area contributed by atoms with Crippen molar-refractivity contribution in [1.82, 2.24) is 9.78 Å². The minimum atomic E-state index is 0.612. The summed E-state index contributed by atoms with van der Waals surface area (Å²) < 4.78 is 3.79. The largest absolute Gasteiger partial charge is 0.378 e. The standard InChI is InChI=1S/C14H14Br2N4/c1-3-11-14(16)13(20(2)19-11)8-18-12-5-4-10(15)6-9(12)7-17/h4-6,18H,3,8H2,1-2H3. The fraction of sp³-hybridized carbons (Fsp3) is 0.286. The molecule has 2 rings (SSSR count). The van der Waals surface area contributed by atoms with E-state index < -0.39 is 0 Å². The molecule has 0 aliphatic rings. The van der Waals surface area contributed by atoms with E-state index in [0.717, 1.165) is 32.4 Å². The number of halogens is 2. The number of aromatic nitrogens is 2. The summed E-state index contributed by atoms with van der Waals surface area (Å²) in [5.74, 6) is 0. The van der Waals surface area contributed by atoms with Crippen LogP contribution in [-0.4, -0.2) is 9.78 Å². The van der Waals surface area contributed by atoms with Crippen molar-refractivity contribution in [2.75, 3.05) is 5.32 Å². The molecule has 0 aliphatic carbocycles. The summed E-state index contributed by atoms with van der Waals surface area (Å²) >= 11 is 6.96. The van der Waals surface area contributed by atoms with Crippen LogP contribution in [0.5, 0.6) is 0 Å². The van der Waals surface area contributed by atoms with E-state index in [-0.39, 0.29) is 0 Å². The molecule has 0 bridgehead atoms. The van der Waals surface area contributed by atoms with Gasteiger partial charge in [0.25, 0.3) is 0 Å². The molecule has 0 unspecified atom stereocenters. The Morgan fingerprint density at radius 1 is 1.40 bits per heavy atom. The van der Waals surface area contributed by atoms with Crippen LogP contribution < -0.4 is 5.32 Å². The molecule has 1 aromatic heterocycles. The zero-order valence-electron chi connectivity index (χ0n) is 11.2. The second-order valence-corrected chi connectivity index (χ2v) is 6.05. The van der Waals surface area contributed by atoms with Crippen molar-refractivity contribution in [1.29, 1.82) is 5.26 Å². The first kappa shape index (κ1) is 15.1. The lowest BCUT2D eigenvalue weighted by molar-refractivity contribution is 0.706. The first-order valence-corrected chi connectivity index (χ1v) is 7.79. The molecule has 0 radical (unpaired) electrons. The van der Waals surface area contributed by atoms with Gasteiger partial charge in [-0.2, -0.15) is 10.4 Å². The Morgan fingerprint density at radius 2 is 2.15 bits per heavy atom. The molecule has 0 fully saturated rings. The maximum atomic E-state index is 9.15. The minimum absolute atomic E-state index is 0.612. The van der Waals surface area contributed by atoms with E-state index in [4.69, 9.17) is 5.26 Å². The normalized spacial score (nSPS) is 10.3. The molecule has 1 heterocycles. The molecule has 1 aromatic carbocycles. The van der Waals surface area contributed by atoms with Crippen molar-refractivity contribution in [2.45, 2.75) is 19.9 Å². The van der Waals surface area contributed by atoms with E-state index in [9.17, 15) is 0 Å². The van der Waals surface area contributed by atoms with Crippen LogP contribution in [0.3, 0.4) is 0 Å². The second-order valence-electron chi connectivity index (χ2n) is 4.34. The van der Waals surface area contributed by atoms with E-state index >= 15 is 0 Å². The van der Waals surface area contributed by atoms with Crippen molar-refractivity contribution in [3.8, 4) is 6.07 Å². The van der Waals surface area contributed by atoms with Gasteiger partial charge in [-0.25, -0.2) is 0 Å². The average Bonchev–Trinajstić information content (AvgIpc) is 2.72. The van der Waals surface area contributed by atoms with Crippen LogP contribution >= 0.6 is 31.9 Å². The third-order valence-corrected chi connectivity index (χ3v) is 4.46. The number of benzene rings is 1. The van der Waals surface area contributed by atoms with Crippen molar-refractivity contribution in [3.05, 3.63) is 44.1 Å². The maximum Gasteiger partial charge on any atom is 0.101 e. The molecule has 0 atom stereocenters. The van der Waals surface area contributed by atoms with Gasteiger partial charge in [0, 0.05) is 11.5 Å². The Hall–Kier alpha value is -1.32. The molecule has 2 aromatic rings. The van der Waals surface area contributed by atoms with E-state index in [0.29, 0.717) is 12.1 Å². The molecule has 20 heavy (non-hydrogen) atoms. The van der Waals surface area contributed by atoms with Gasteiger partial charge in [0.15, 0.2) is 0 Å². The van der Waals surface area contributed by atoms with E-state index in [1.165, 1.54) is 0 Å². The summed E-state index contributed by atoms with van der Waals surface area (Å²) in [5, 5.41) is 16.9. The zero-order chi connectivity index (χ0) is 14.7. The van der Waals surface area contributed by atoms with Crippen molar-refractivity contribution < 1.29 is 0 Å². The van der Waals surface area contributed by atoms with Gasteiger partial charge in [0.2, 0.25) is 0 Å². The number of hydrogen-bond donors (Lipinski definition) is 1. The molecule has 1 N–H and O–H groups in total. The SMILES string of the molecule is CCc1nn(C)c(CNc2ccc(Br)cc2C#N)c1Br. The number of nitriles is 1. The van der Waals surface area contributed by atoms with Gasteiger partial charge in [-0.05, 0) is 40.5 Å². The summed E-state index contributed by atoms with van der Waals surface area (Å²) in [4.78, 5) is 0. The smallest absolute Gasteiger partial charge is 0.101 e. The highest BCUT2D eigenvalue weighted by molar-refractivity contribution is 9.10. The highest BCUT2D eigenvalue weighted by Crippen LogP contribution is 2.24. The second kappa shape index (κ2) is 6.42. The fourth-order valence-corrected chi connectivity index (χ4v) is 3.07. The lowest BCUT2D eigenvalue weighted by atomic mass is 10.2. The van der Waals surface area contributed by atoms with Crippen molar-refractivity contribution >= 4 is 37.5 Å². The third kappa shape index (κ3) is 3.05. The average molecular weight is 398 g/mol. The molecule has 104 valence electrons. The van der Waals surface area contributed by atoms with Gasteiger partial charge in [-0.1, -0.05) is 22.9 Å². The number of nitrogens with one attached hydrogen (secondary N) is 1. The van der Waals surface area contributed by atoms with E-state index in [2.05, 4.69) is 55.3 Å². The first-order chi connectivity index (χ1) is 9.56. The summed E-state index contributed by atoms with van der Waals surface area (Å²) in [6.07, 6.45) is 0.885. The highest BCUT2D eigenvalue weighted by Gasteiger charge is 2.12. The summed E-state index contributed by atoms with van der Waals surface area (Å²) in [6.45, 7) is 2.69. The van der Waals surface area contributed by atoms with E-state index in [1.54, 1.807) is 6.07 Å². The van der Waals surface area contributed by atoms with Crippen LogP contribution in [-0.2, 0) is 20.0 Å². The Kier molecular flexibility index (Phi) is 4.84. The Balaban J connectivity index is 2.22. The van der Waals surface area contributed by atoms with Gasteiger partial charge in [0.1, 0.15) is 6.07 Å². The summed E-state index contributed by atoms with van der Waals surface area (Å²) in [7, 11) is 1.92.